The normalized spacial score (nSPS) is 15.7. The van der Waals surface area contributed by atoms with Crippen molar-refractivity contribution in [2.45, 2.75) is 25.8 Å². The minimum absolute atomic E-state index is 0.0651. The summed E-state index contributed by atoms with van der Waals surface area (Å²) in [4.78, 5) is 24.9. The van der Waals surface area contributed by atoms with Crippen LogP contribution in [0.4, 0.5) is 4.39 Å². The zero-order valence-corrected chi connectivity index (χ0v) is 13.3. The van der Waals surface area contributed by atoms with Crippen LogP contribution in [0.5, 0.6) is 5.75 Å². The van der Waals surface area contributed by atoms with Gasteiger partial charge in [-0.05, 0) is 36.6 Å². The first-order chi connectivity index (χ1) is 11.0. The van der Waals surface area contributed by atoms with Gasteiger partial charge in [0.1, 0.15) is 0 Å². The molecule has 1 N–H and O–H groups in total. The molecular formula is C17H21FN2O3. The smallest absolute Gasteiger partial charge is 0.244 e. The van der Waals surface area contributed by atoms with Crippen LogP contribution in [0.1, 0.15) is 25.3 Å². The van der Waals surface area contributed by atoms with Crippen molar-refractivity contribution in [3.05, 3.63) is 35.7 Å². The first-order valence-corrected chi connectivity index (χ1v) is 7.57. The number of carbonyl (C=O) groups excluding carboxylic acids is 2. The Kier molecular flexibility index (Phi) is 5.73. The molecule has 23 heavy (non-hydrogen) atoms. The molecule has 0 aliphatic carbocycles. The number of nitrogens with one attached hydrogen (secondary N) is 1. The zero-order valence-electron chi connectivity index (χ0n) is 13.3. The number of rotatable bonds is 4. The Labute approximate surface area is 135 Å². The van der Waals surface area contributed by atoms with Crippen molar-refractivity contribution in [2.75, 3.05) is 20.2 Å². The summed E-state index contributed by atoms with van der Waals surface area (Å²) in [5.41, 5.74) is 0.588. The van der Waals surface area contributed by atoms with Gasteiger partial charge in [0.05, 0.1) is 7.11 Å². The zero-order chi connectivity index (χ0) is 16.8. The molecule has 1 aliphatic rings. The van der Waals surface area contributed by atoms with Gasteiger partial charge < -0.3 is 15.0 Å². The van der Waals surface area contributed by atoms with Crippen LogP contribution in [-0.2, 0) is 9.59 Å². The van der Waals surface area contributed by atoms with Crippen LogP contribution in [0.2, 0.25) is 0 Å². The van der Waals surface area contributed by atoms with E-state index in [9.17, 15) is 14.0 Å². The highest BCUT2D eigenvalue weighted by Gasteiger charge is 2.21. The van der Waals surface area contributed by atoms with Gasteiger partial charge >= 0.3 is 0 Å². The molecule has 0 radical (unpaired) electrons. The summed E-state index contributed by atoms with van der Waals surface area (Å²) in [7, 11) is 1.40. The Morgan fingerprint density at radius 2 is 2.04 bits per heavy atom. The van der Waals surface area contributed by atoms with Crippen LogP contribution in [0, 0.1) is 5.82 Å². The number of ether oxygens (including phenoxy) is 1. The fraction of sp³-hybridized carbons (Fsp3) is 0.412. The van der Waals surface area contributed by atoms with E-state index in [0.29, 0.717) is 18.7 Å². The molecule has 0 aromatic heterocycles. The molecule has 1 aromatic rings. The van der Waals surface area contributed by atoms with E-state index in [1.807, 2.05) is 0 Å². The van der Waals surface area contributed by atoms with E-state index in [2.05, 4.69) is 5.32 Å². The maximum absolute atomic E-state index is 13.6. The minimum Gasteiger partial charge on any atom is -0.494 e. The molecule has 0 bridgehead atoms. The quantitative estimate of drug-likeness (QED) is 0.863. The monoisotopic (exact) mass is 320 g/mol. The fourth-order valence-electron chi connectivity index (χ4n) is 2.55. The van der Waals surface area contributed by atoms with E-state index < -0.39 is 5.82 Å². The highest BCUT2D eigenvalue weighted by Crippen LogP contribution is 2.18. The fourth-order valence-corrected chi connectivity index (χ4v) is 2.55. The Hall–Kier alpha value is -2.37. The number of halogens is 1. The Bertz CT molecular complexity index is 608. The number of nitrogens with zero attached hydrogens (tertiary/aromatic N) is 1. The summed E-state index contributed by atoms with van der Waals surface area (Å²) < 4.78 is 18.4. The molecule has 1 aromatic carbocycles. The lowest BCUT2D eigenvalue weighted by Crippen LogP contribution is -2.45. The number of piperidine rings is 1. The number of hydrogen-bond acceptors (Lipinski definition) is 3. The van der Waals surface area contributed by atoms with E-state index in [1.54, 1.807) is 24.0 Å². The van der Waals surface area contributed by atoms with E-state index in [4.69, 9.17) is 4.74 Å². The van der Waals surface area contributed by atoms with Crippen LogP contribution in [0.3, 0.4) is 0 Å². The van der Waals surface area contributed by atoms with Gasteiger partial charge in [0.25, 0.3) is 0 Å². The van der Waals surface area contributed by atoms with Gasteiger partial charge in [0.15, 0.2) is 11.6 Å². The molecule has 1 saturated heterocycles. The van der Waals surface area contributed by atoms with Crippen molar-refractivity contribution in [2.24, 2.45) is 0 Å². The van der Waals surface area contributed by atoms with Crippen LogP contribution in [0.25, 0.3) is 6.08 Å². The van der Waals surface area contributed by atoms with Gasteiger partial charge in [-0.3, -0.25) is 9.59 Å². The molecule has 0 saturated carbocycles. The molecular weight excluding hydrogens is 299 g/mol. The van der Waals surface area contributed by atoms with Crippen molar-refractivity contribution in [1.29, 1.82) is 0 Å². The van der Waals surface area contributed by atoms with Crippen molar-refractivity contribution in [1.82, 2.24) is 10.2 Å². The highest BCUT2D eigenvalue weighted by molar-refractivity contribution is 5.91. The molecule has 0 spiro atoms. The van der Waals surface area contributed by atoms with Crippen LogP contribution >= 0.6 is 0 Å². The van der Waals surface area contributed by atoms with Gasteiger partial charge in [0, 0.05) is 32.1 Å². The van der Waals surface area contributed by atoms with E-state index >= 15 is 0 Å². The van der Waals surface area contributed by atoms with Crippen molar-refractivity contribution in [3.63, 3.8) is 0 Å². The van der Waals surface area contributed by atoms with Crippen LogP contribution in [-0.4, -0.2) is 43.0 Å². The molecule has 5 nitrogen and oxygen atoms in total. The van der Waals surface area contributed by atoms with Crippen molar-refractivity contribution >= 4 is 17.9 Å². The third kappa shape index (κ3) is 4.81. The second-order valence-electron chi connectivity index (χ2n) is 5.52. The third-order valence-corrected chi connectivity index (χ3v) is 3.89. The first-order valence-electron chi connectivity index (χ1n) is 7.57. The third-order valence-electron chi connectivity index (χ3n) is 3.89. The largest absolute Gasteiger partial charge is 0.494 e. The molecule has 124 valence electrons. The molecule has 0 unspecified atom stereocenters. The number of carbonyl (C=O) groups is 2. The molecule has 0 atom stereocenters. The summed E-state index contributed by atoms with van der Waals surface area (Å²) in [5, 5.41) is 2.90. The van der Waals surface area contributed by atoms with Crippen LogP contribution in [0.15, 0.2) is 24.3 Å². The van der Waals surface area contributed by atoms with Crippen molar-refractivity contribution < 1.29 is 18.7 Å². The topological polar surface area (TPSA) is 58.6 Å². The van der Waals surface area contributed by atoms with Gasteiger partial charge in [-0.25, -0.2) is 4.39 Å². The molecule has 1 fully saturated rings. The summed E-state index contributed by atoms with van der Waals surface area (Å²) in [6, 6.07) is 4.57. The molecule has 2 amide bonds. The lowest BCUT2D eigenvalue weighted by molar-refractivity contribution is -0.129. The van der Waals surface area contributed by atoms with E-state index in [-0.39, 0.29) is 23.6 Å². The highest BCUT2D eigenvalue weighted by atomic mass is 19.1. The first kappa shape index (κ1) is 17.0. The molecule has 2 rings (SSSR count). The predicted octanol–water partition coefficient (Wildman–Crippen LogP) is 1.97. The standard InChI is InChI=1S/C17H21FN2O3/c1-12(21)20-9-7-14(8-10-20)19-17(22)6-4-13-3-5-16(23-2)15(18)11-13/h3-6,11,14H,7-10H2,1-2H3,(H,19,22). The number of benzene rings is 1. The molecule has 6 heteroatoms. The second-order valence-corrected chi connectivity index (χ2v) is 5.52. The maximum Gasteiger partial charge on any atom is 0.244 e. The lowest BCUT2D eigenvalue weighted by Gasteiger charge is -2.31. The maximum atomic E-state index is 13.6. The van der Waals surface area contributed by atoms with Gasteiger partial charge in [-0.15, -0.1) is 0 Å². The second kappa shape index (κ2) is 7.76. The lowest BCUT2D eigenvalue weighted by atomic mass is 10.0. The number of hydrogen-bond donors (Lipinski definition) is 1. The van der Waals surface area contributed by atoms with E-state index in [0.717, 1.165) is 12.8 Å². The summed E-state index contributed by atoms with van der Waals surface area (Å²) >= 11 is 0. The number of amides is 2. The predicted molar refractivity (Wildman–Crippen MR) is 85.4 cm³/mol. The van der Waals surface area contributed by atoms with Gasteiger partial charge in [-0.1, -0.05) is 6.07 Å². The molecule has 1 aliphatic heterocycles. The Morgan fingerprint density at radius 3 is 2.61 bits per heavy atom. The molecule has 1 heterocycles. The number of likely N-dealkylation sites (tertiary alicyclic amines) is 1. The summed E-state index contributed by atoms with van der Waals surface area (Å²) in [6.45, 7) is 2.87. The SMILES string of the molecule is COc1ccc(C=CC(=O)NC2CCN(C(C)=O)CC2)cc1F. The van der Waals surface area contributed by atoms with Crippen LogP contribution < -0.4 is 10.1 Å². The average molecular weight is 320 g/mol. The minimum atomic E-state index is -0.466. The summed E-state index contributed by atoms with van der Waals surface area (Å²) in [5.74, 6) is -0.450. The Balaban J connectivity index is 1.85. The number of methoxy groups -OCH3 is 1. The van der Waals surface area contributed by atoms with Crippen molar-refractivity contribution in [3.8, 4) is 5.75 Å². The average Bonchev–Trinajstić information content (AvgIpc) is 2.53. The Morgan fingerprint density at radius 1 is 1.35 bits per heavy atom. The van der Waals surface area contributed by atoms with Gasteiger partial charge in [-0.2, -0.15) is 0 Å². The van der Waals surface area contributed by atoms with Gasteiger partial charge in [0.2, 0.25) is 11.8 Å². The van der Waals surface area contributed by atoms with E-state index in [1.165, 1.54) is 25.3 Å². The summed E-state index contributed by atoms with van der Waals surface area (Å²) in [6.07, 6.45) is 4.44.